The first kappa shape index (κ1) is 17.7. The van der Waals surface area contributed by atoms with Gasteiger partial charge in [0.1, 0.15) is 0 Å². The van der Waals surface area contributed by atoms with Crippen LogP contribution in [-0.2, 0) is 0 Å². The summed E-state index contributed by atoms with van der Waals surface area (Å²) in [6.45, 7) is 2.91. The molecule has 0 unspecified atom stereocenters. The molecule has 2 rings (SSSR count). The van der Waals surface area contributed by atoms with Gasteiger partial charge in [0, 0.05) is 17.8 Å². The summed E-state index contributed by atoms with van der Waals surface area (Å²) in [4.78, 5) is 0. The fraction of sp³-hybridized carbons (Fsp3) is 0.300. The minimum absolute atomic E-state index is 0.730. The van der Waals surface area contributed by atoms with Crippen LogP contribution in [0.15, 0.2) is 60.7 Å². The van der Waals surface area contributed by atoms with Crippen LogP contribution in [0.3, 0.4) is 0 Å². The van der Waals surface area contributed by atoms with Gasteiger partial charge in [-0.1, -0.05) is 56.2 Å². The number of unbranched alkanes of at least 4 members (excludes halogenated alkanes) is 3. The summed E-state index contributed by atoms with van der Waals surface area (Å²) in [5.74, 6) is 2.60. The predicted molar refractivity (Wildman–Crippen MR) is 98.0 cm³/mol. The Bertz CT molecular complexity index is 475. The highest BCUT2D eigenvalue weighted by molar-refractivity contribution is 5.47. The van der Waals surface area contributed by atoms with E-state index in [-0.39, 0.29) is 0 Å². The largest absolute Gasteiger partial charge is 0.368 e. The van der Waals surface area contributed by atoms with E-state index in [0.29, 0.717) is 0 Å². The molecule has 0 aromatic heterocycles. The van der Waals surface area contributed by atoms with Gasteiger partial charge < -0.3 is 10.6 Å². The van der Waals surface area contributed by atoms with Crippen molar-refractivity contribution in [2.45, 2.75) is 32.6 Å². The Morgan fingerprint density at radius 1 is 0.818 bits per heavy atom. The molecule has 0 aliphatic heterocycles. The third-order valence-corrected chi connectivity index (χ3v) is 3.06. The molecular formula is C20H26N2. The maximum absolute atomic E-state index is 5.02. The van der Waals surface area contributed by atoms with Crippen LogP contribution in [-0.4, -0.2) is 6.67 Å². The summed E-state index contributed by atoms with van der Waals surface area (Å²) in [5, 5.41) is 6.56. The van der Waals surface area contributed by atoms with Crippen LogP contribution in [0.1, 0.15) is 32.6 Å². The lowest BCUT2D eigenvalue weighted by molar-refractivity contribution is 0.737. The van der Waals surface area contributed by atoms with Gasteiger partial charge >= 0.3 is 0 Å². The molecule has 0 heterocycles. The maximum Gasteiger partial charge on any atom is 0.0849 e. The average molecular weight is 294 g/mol. The van der Waals surface area contributed by atoms with E-state index in [9.17, 15) is 0 Å². The van der Waals surface area contributed by atoms with E-state index in [0.717, 1.165) is 24.5 Å². The third kappa shape index (κ3) is 8.71. The van der Waals surface area contributed by atoms with Gasteiger partial charge in [0.25, 0.3) is 0 Å². The average Bonchev–Trinajstić information content (AvgIpc) is 2.58. The van der Waals surface area contributed by atoms with Crippen molar-refractivity contribution in [3.05, 3.63) is 60.7 Å². The van der Waals surface area contributed by atoms with Crippen molar-refractivity contribution in [1.29, 1.82) is 0 Å². The Morgan fingerprint density at radius 2 is 1.32 bits per heavy atom. The van der Waals surface area contributed by atoms with Gasteiger partial charge in [-0.05, 0) is 30.7 Å². The number of nitrogens with one attached hydrogen (secondary N) is 2. The second-order valence-electron chi connectivity index (χ2n) is 4.92. The third-order valence-electron chi connectivity index (χ3n) is 3.06. The van der Waals surface area contributed by atoms with E-state index >= 15 is 0 Å². The summed E-state index contributed by atoms with van der Waals surface area (Å²) in [7, 11) is 0. The zero-order valence-electron chi connectivity index (χ0n) is 13.4. The molecule has 0 radical (unpaired) electrons. The summed E-state index contributed by atoms with van der Waals surface area (Å²) in [6.07, 6.45) is 9.72. The van der Waals surface area contributed by atoms with E-state index in [1.165, 1.54) is 19.3 Å². The van der Waals surface area contributed by atoms with Crippen LogP contribution in [0.25, 0.3) is 0 Å². The second kappa shape index (κ2) is 12.3. The molecule has 22 heavy (non-hydrogen) atoms. The number of anilines is 2. The van der Waals surface area contributed by atoms with Gasteiger partial charge in [-0.3, -0.25) is 0 Å². The minimum atomic E-state index is 0.730. The number of para-hydroxylation sites is 2. The van der Waals surface area contributed by atoms with Crippen molar-refractivity contribution in [2.24, 2.45) is 0 Å². The molecule has 2 heteroatoms. The molecule has 0 fully saturated rings. The first-order valence-electron chi connectivity index (χ1n) is 7.88. The van der Waals surface area contributed by atoms with E-state index in [1.807, 2.05) is 60.7 Å². The van der Waals surface area contributed by atoms with Crippen molar-refractivity contribution >= 4 is 11.4 Å². The maximum atomic E-state index is 5.02. The lowest BCUT2D eigenvalue weighted by atomic mass is 10.2. The molecule has 0 atom stereocenters. The van der Waals surface area contributed by atoms with E-state index in [2.05, 4.69) is 23.5 Å². The molecule has 0 spiro atoms. The number of hydrogen-bond donors (Lipinski definition) is 2. The number of benzene rings is 2. The Morgan fingerprint density at radius 3 is 1.73 bits per heavy atom. The van der Waals surface area contributed by atoms with Crippen LogP contribution >= 0.6 is 0 Å². The Hall–Kier alpha value is -2.40. The molecule has 0 aliphatic carbocycles. The highest BCUT2D eigenvalue weighted by Gasteiger charge is 1.89. The lowest BCUT2D eigenvalue weighted by Crippen LogP contribution is -2.11. The molecule has 2 nitrogen and oxygen atoms in total. The van der Waals surface area contributed by atoms with Gasteiger partial charge in [0.05, 0.1) is 6.67 Å². The van der Waals surface area contributed by atoms with Gasteiger partial charge in [-0.2, -0.15) is 0 Å². The van der Waals surface area contributed by atoms with Gasteiger partial charge in [-0.15, -0.1) is 12.3 Å². The fourth-order valence-electron chi connectivity index (χ4n) is 1.84. The summed E-state index contributed by atoms with van der Waals surface area (Å²) in [5.41, 5.74) is 2.25. The lowest BCUT2D eigenvalue weighted by Gasteiger charge is -2.08. The normalized spacial score (nSPS) is 9.09. The zero-order chi connectivity index (χ0) is 15.9. The van der Waals surface area contributed by atoms with Crippen molar-refractivity contribution < 1.29 is 0 Å². The van der Waals surface area contributed by atoms with E-state index in [1.54, 1.807) is 0 Å². The monoisotopic (exact) mass is 294 g/mol. The van der Waals surface area contributed by atoms with Crippen LogP contribution in [0.2, 0.25) is 0 Å². The number of hydrogen-bond acceptors (Lipinski definition) is 2. The SMILES string of the molecule is C#CCCCCC.c1ccc(NCNc2ccccc2)cc1. The first-order valence-corrected chi connectivity index (χ1v) is 7.88. The van der Waals surface area contributed by atoms with Gasteiger partial charge in [0.15, 0.2) is 0 Å². The topological polar surface area (TPSA) is 24.1 Å². The van der Waals surface area contributed by atoms with Crippen molar-refractivity contribution in [1.82, 2.24) is 0 Å². The van der Waals surface area contributed by atoms with Crippen molar-refractivity contribution in [3.8, 4) is 12.3 Å². The standard InChI is InChI=1S/C13H14N2.C7H12/c1-3-7-12(8-4-1)14-11-15-13-9-5-2-6-10-13;1-3-5-7-6-4-2/h1-10,14-15H,11H2;1H,4-7H2,2H3. The van der Waals surface area contributed by atoms with Gasteiger partial charge in [0.2, 0.25) is 0 Å². The van der Waals surface area contributed by atoms with Crippen LogP contribution in [0, 0.1) is 12.3 Å². The summed E-state index contributed by atoms with van der Waals surface area (Å²) >= 11 is 0. The molecule has 0 bridgehead atoms. The second-order valence-corrected chi connectivity index (χ2v) is 4.92. The van der Waals surface area contributed by atoms with Crippen molar-refractivity contribution in [2.75, 3.05) is 17.3 Å². The number of terminal acetylenes is 1. The van der Waals surface area contributed by atoms with E-state index < -0.39 is 0 Å². The predicted octanol–water partition coefficient (Wildman–Crippen LogP) is 5.37. The Labute approximate surface area is 135 Å². The van der Waals surface area contributed by atoms with Crippen molar-refractivity contribution in [3.63, 3.8) is 0 Å². The quantitative estimate of drug-likeness (QED) is 0.407. The summed E-state index contributed by atoms with van der Waals surface area (Å²) < 4.78 is 0. The molecule has 0 saturated carbocycles. The molecule has 0 saturated heterocycles. The van der Waals surface area contributed by atoms with E-state index in [4.69, 9.17) is 6.42 Å². The Kier molecular flexibility index (Phi) is 9.91. The smallest absolute Gasteiger partial charge is 0.0849 e. The fourth-order valence-corrected chi connectivity index (χ4v) is 1.84. The molecule has 2 N–H and O–H groups in total. The summed E-state index contributed by atoms with van der Waals surface area (Å²) in [6, 6.07) is 20.3. The van der Waals surface area contributed by atoms with Gasteiger partial charge in [-0.25, -0.2) is 0 Å². The van der Waals surface area contributed by atoms with Crippen LogP contribution < -0.4 is 10.6 Å². The highest BCUT2D eigenvalue weighted by atomic mass is 15.1. The first-order chi connectivity index (χ1) is 10.9. The zero-order valence-corrected chi connectivity index (χ0v) is 13.4. The Balaban J connectivity index is 0.000000295. The minimum Gasteiger partial charge on any atom is -0.368 e. The van der Waals surface area contributed by atoms with Crippen LogP contribution in [0.4, 0.5) is 11.4 Å². The molecular weight excluding hydrogens is 268 g/mol. The highest BCUT2D eigenvalue weighted by Crippen LogP contribution is 2.06. The molecule has 0 amide bonds. The molecule has 0 aliphatic rings. The van der Waals surface area contributed by atoms with Crippen LogP contribution in [0.5, 0.6) is 0 Å². The number of rotatable bonds is 7. The molecule has 2 aromatic rings. The molecule has 2 aromatic carbocycles. The molecule has 116 valence electrons.